The number of hydrogen-bond donors (Lipinski definition) is 1. The van der Waals surface area contributed by atoms with Crippen LogP contribution in [0, 0.1) is 6.92 Å². The van der Waals surface area contributed by atoms with Crippen LogP contribution in [0.4, 0.5) is 0 Å². The molecule has 0 aromatic heterocycles. The van der Waals surface area contributed by atoms with E-state index in [4.69, 9.17) is 9.47 Å². The summed E-state index contributed by atoms with van der Waals surface area (Å²) in [6.45, 7) is 3.07. The van der Waals surface area contributed by atoms with Crippen LogP contribution in [0.5, 0.6) is 17.2 Å². The molecule has 1 aliphatic rings. The second kappa shape index (κ2) is 5.37. The van der Waals surface area contributed by atoms with Gasteiger partial charge in [-0.05, 0) is 42.3 Å². The summed E-state index contributed by atoms with van der Waals surface area (Å²) < 4.78 is 12.5. The highest BCUT2D eigenvalue weighted by atomic mass is 79.9. The van der Waals surface area contributed by atoms with Crippen molar-refractivity contribution in [2.45, 2.75) is 20.0 Å². The van der Waals surface area contributed by atoms with Crippen molar-refractivity contribution >= 4 is 15.9 Å². The Balaban J connectivity index is 1.82. The number of phenols is 1. The van der Waals surface area contributed by atoms with E-state index in [-0.39, 0.29) is 5.75 Å². The van der Waals surface area contributed by atoms with Crippen molar-refractivity contribution in [3.63, 3.8) is 0 Å². The van der Waals surface area contributed by atoms with Crippen LogP contribution >= 0.6 is 15.9 Å². The molecule has 4 heteroatoms. The highest BCUT2D eigenvalue weighted by Gasteiger charge is 2.17. The van der Waals surface area contributed by atoms with Gasteiger partial charge in [-0.3, -0.25) is 0 Å². The average molecular weight is 335 g/mol. The second-order valence-corrected chi connectivity index (χ2v) is 5.86. The van der Waals surface area contributed by atoms with Crippen LogP contribution < -0.4 is 9.47 Å². The molecule has 0 unspecified atom stereocenters. The van der Waals surface area contributed by atoms with Gasteiger partial charge in [0.25, 0.3) is 0 Å². The monoisotopic (exact) mass is 334 g/mol. The zero-order chi connectivity index (χ0) is 14.1. The van der Waals surface area contributed by atoms with Crippen LogP contribution in [0.1, 0.15) is 16.7 Å². The average Bonchev–Trinajstić information content (AvgIpc) is 2.82. The molecule has 2 aromatic rings. The van der Waals surface area contributed by atoms with Gasteiger partial charge in [0.15, 0.2) is 0 Å². The first-order valence-corrected chi connectivity index (χ1v) is 7.29. The standard InChI is InChI=1S/C16H15BrO3/c1-10-4-14(18)8-15(5-10)20-9-12-7-13(17)6-11-2-3-19-16(11)12/h4-8,18H,2-3,9H2,1H3. The van der Waals surface area contributed by atoms with Crippen molar-refractivity contribution in [3.05, 3.63) is 51.5 Å². The first kappa shape index (κ1) is 13.3. The Morgan fingerprint density at radius 2 is 2.10 bits per heavy atom. The normalized spacial score (nSPS) is 12.9. The molecule has 0 fully saturated rings. The Bertz CT molecular complexity index is 632. The van der Waals surface area contributed by atoms with E-state index in [2.05, 4.69) is 22.0 Å². The van der Waals surface area contributed by atoms with Crippen molar-refractivity contribution in [2.24, 2.45) is 0 Å². The number of aryl methyl sites for hydroxylation is 1. The number of aromatic hydroxyl groups is 1. The summed E-state index contributed by atoms with van der Waals surface area (Å²) in [4.78, 5) is 0. The molecule has 3 nitrogen and oxygen atoms in total. The molecule has 104 valence electrons. The fourth-order valence-electron chi connectivity index (χ4n) is 2.43. The molecule has 1 heterocycles. The smallest absolute Gasteiger partial charge is 0.129 e. The first-order chi connectivity index (χ1) is 9.61. The lowest BCUT2D eigenvalue weighted by Crippen LogP contribution is -1.99. The van der Waals surface area contributed by atoms with Crippen molar-refractivity contribution in [3.8, 4) is 17.2 Å². The fraction of sp³-hybridized carbons (Fsp3) is 0.250. The van der Waals surface area contributed by atoms with Crippen molar-refractivity contribution in [2.75, 3.05) is 6.61 Å². The minimum atomic E-state index is 0.218. The zero-order valence-corrected chi connectivity index (χ0v) is 12.7. The predicted molar refractivity (Wildman–Crippen MR) is 80.5 cm³/mol. The molecule has 0 saturated carbocycles. The molecule has 2 aromatic carbocycles. The Kier molecular flexibility index (Phi) is 3.57. The molecule has 1 aliphatic heterocycles. The number of halogens is 1. The molecule has 3 rings (SSSR count). The van der Waals surface area contributed by atoms with E-state index in [0.29, 0.717) is 12.4 Å². The first-order valence-electron chi connectivity index (χ1n) is 6.49. The maximum absolute atomic E-state index is 9.58. The lowest BCUT2D eigenvalue weighted by molar-refractivity contribution is 0.290. The molecule has 0 saturated heterocycles. The molecule has 20 heavy (non-hydrogen) atoms. The summed E-state index contributed by atoms with van der Waals surface area (Å²) in [5.74, 6) is 1.81. The van der Waals surface area contributed by atoms with E-state index in [9.17, 15) is 5.11 Å². The molecule has 0 atom stereocenters. The van der Waals surface area contributed by atoms with E-state index in [1.165, 1.54) is 5.56 Å². The topological polar surface area (TPSA) is 38.7 Å². The van der Waals surface area contributed by atoms with Gasteiger partial charge in [0.05, 0.1) is 6.61 Å². The Hall–Kier alpha value is -1.68. The Morgan fingerprint density at radius 1 is 1.25 bits per heavy atom. The lowest BCUT2D eigenvalue weighted by Gasteiger charge is -2.11. The van der Waals surface area contributed by atoms with E-state index in [1.807, 2.05) is 19.1 Å². The van der Waals surface area contributed by atoms with E-state index in [0.717, 1.165) is 34.4 Å². The van der Waals surface area contributed by atoms with Gasteiger partial charge in [-0.1, -0.05) is 15.9 Å². The minimum Gasteiger partial charge on any atom is -0.508 e. The van der Waals surface area contributed by atoms with Gasteiger partial charge in [0.1, 0.15) is 23.9 Å². The van der Waals surface area contributed by atoms with Gasteiger partial charge < -0.3 is 14.6 Å². The van der Waals surface area contributed by atoms with E-state index < -0.39 is 0 Å². The van der Waals surface area contributed by atoms with Crippen LogP contribution in [0.15, 0.2) is 34.8 Å². The summed E-state index contributed by atoms with van der Waals surface area (Å²) in [6, 6.07) is 9.32. The number of fused-ring (bicyclic) bond motifs is 1. The third kappa shape index (κ3) is 2.75. The lowest BCUT2D eigenvalue weighted by atomic mass is 10.1. The Morgan fingerprint density at radius 3 is 2.90 bits per heavy atom. The number of benzene rings is 2. The molecule has 0 bridgehead atoms. The zero-order valence-electron chi connectivity index (χ0n) is 11.1. The van der Waals surface area contributed by atoms with E-state index >= 15 is 0 Å². The Labute approximate surface area is 126 Å². The summed E-state index contributed by atoms with van der Waals surface area (Å²) in [5.41, 5.74) is 3.20. The number of rotatable bonds is 3. The summed E-state index contributed by atoms with van der Waals surface area (Å²) in [5, 5.41) is 9.58. The van der Waals surface area contributed by atoms with Crippen LogP contribution in [0.3, 0.4) is 0 Å². The van der Waals surface area contributed by atoms with E-state index in [1.54, 1.807) is 12.1 Å². The van der Waals surface area contributed by atoms with Crippen molar-refractivity contribution in [1.82, 2.24) is 0 Å². The van der Waals surface area contributed by atoms with Crippen LogP contribution in [-0.2, 0) is 13.0 Å². The minimum absolute atomic E-state index is 0.218. The van der Waals surface area contributed by atoms with Crippen molar-refractivity contribution < 1.29 is 14.6 Å². The number of hydrogen-bond acceptors (Lipinski definition) is 3. The van der Waals surface area contributed by atoms with Crippen LogP contribution in [-0.4, -0.2) is 11.7 Å². The molecule has 0 amide bonds. The summed E-state index contributed by atoms with van der Waals surface area (Å²) in [6.07, 6.45) is 0.938. The summed E-state index contributed by atoms with van der Waals surface area (Å²) in [7, 11) is 0. The van der Waals surface area contributed by atoms with Gasteiger partial charge in [0.2, 0.25) is 0 Å². The summed E-state index contributed by atoms with van der Waals surface area (Å²) >= 11 is 3.51. The predicted octanol–water partition coefficient (Wildman–Crippen LogP) is 3.98. The highest BCUT2D eigenvalue weighted by molar-refractivity contribution is 9.10. The highest BCUT2D eigenvalue weighted by Crippen LogP contribution is 2.34. The second-order valence-electron chi connectivity index (χ2n) is 4.94. The van der Waals surface area contributed by atoms with Crippen LogP contribution in [0.25, 0.3) is 0 Å². The van der Waals surface area contributed by atoms with Gasteiger partial charge in [-0.25, -0.2) is 0 Å². The molecule has 1 N–H and O–H groups in total. The largest absolute Gasteiger partial charge is 0.508 e. The quantitative estimate of drug-likeness (QED) is 0.922. The number of phenolic OH excluding ortho intramolecular Hbond substituents is 1. The third-order valence-electron chi connectivity index (χ3n) is 3.26. The molecule has 0 radical (unpaired) electrons. The third-order valence-corrected chi connectivity index (χ3v) is 3.71. The van der Waals surface area contributed by atoms with Crippen molar-refractivity contribution in [1.29, 1.82) is 0 Å². The maximum atomic E-state index is 9.58. The maximum Gasteiger partial charge on any atom is 0.129 e. The molecule has 0 aliphatic carbocycles. The van der Waals surface area contributed by atoms with Gasteiger partial charge in [0, 0.05) is 22.5 Å². The molecular formula is C16H15BrO3. The van der Waals surface area contributed by atoms with Crippen LogP contribution in [0.2, 0.25) is 0 Å². The van der Waals surface area contributed by atoms with Gasteiger partial charge >= 0.3 is 0 Å². The molecule has 0 spiro atoms. The van der Waals surface area contributed by atoms with Gasteiger partial charge in [-0.15, -0.1) is 0 Å². The van der Waals surface area contributed by atoms with Gasteiger partial charge in [-0.2, -0.15) is 0 Å². The fourth-order valence-corrected chi connectivity index (χ4v) is 2.98. The number of ether oxygens (including phenoxy) is 2. The molecular weight excluding hydrogens is 320 g/mol. The SMILES string of the molecule is Cc1cc(O)cc(OCc2cc(Br)cc3c2OCC3)c1.